The van der Waals surface area contributed by atoms with Gasteiger partial charge in [-0.15, -0.1) is 0 Å². The van der Waals surface area contributed by atoms with Gasteiger partial charge in [0.2, 0.25) is 5.91 Å². The zero-order valence-electron chi connectivity index (χ0n) is 15.4. The molecule has 0 bridgehead atoms. The Kier molecular flexibility index (Phi) is 6.30. The van der Waals surface area contributed by atoms with Crippen LogP contribution in [0, 0.1) is 0 Å². The minimum atomic E-state index is -0.168. The van der Waals surface area contributed by atoms with E-state index in [4.69, 9.17) is 9.47 Å². The van der Waals surface area contributed by atoms with Gasteiger partial charge in [-0.2, -0.15) is 0 Å². The summed E-state index contributed by atoms with van der Waals surface area (Å²) in [6, 6.07) is 14.7. The van der Waals surface area contributed by atoms with E-state index in [9.17, 15) is 9.59 Å². The number of nitrogens with zero attached hydrogens (tertiary/aromatic N) is 1. The van der Waals surface area contributed by atoms with Gasteiger partial charge in [0.1, 0.15) is 11.5 Å². The lowest BCUT2D eigenvalue weighted by Gasteiger charge is -2.29. The molecule has 0 radical (unpaired) electrons. The predicted octanol–water partition coefficient (Wildman–Crippen LogP) is 3.62. The van der Waals surface area contributed by atoms with Crippen LogP contribution in [0.4, 0.5) is 11.4 Å². The number of carbonyl (C=O) groups is 2. The van der Waals surface area contributed by atoms with Crippen molar-refractivity contribution in [1.29, 1.82) is 0 Å². The number of benzene rings is 2. The molecule has 3 rings (SSSR count). The van der Waals surface area contributed by atoms with Gasteiger partial charge in [0.25, 0.3) is 5.91 Å². The maximum absolute atomic E-state index is 12.4. The average Bonchev–Trinajstić information content (AvgIpc) is 2.69. The molecule has 2 aromatic rings. The van der Waals surface area contributed by atoms with Crippen LogP contribution in [0.25, 0.3) is 0 Å². The van der Waals surface area contributed by atoms with E-state index in [1.807, 2.05) is 48.5 Å². The van der Waals surface area contributed by atoms with Crippen LogP contribution in [0.15, 0.2) is 48.5 Å². The minimum Gasteiger partial charge on any atom is -0.491 e. The van der Waals surface area contributed by atoms with Gasteiger partial charge >= 0.3 is 0 Å². The molecule has 2 amide bonds. The first-order chi connectivity index (χ1) is 13.2. The molecule has 0 saturated carbocycles. The van der Waals surface area contributed by atoms with E-state index in [2.05, 4.69) is 12.2 Å². The molecule has 1 heterocycles. The molecule has 0 aliphatic carbocycles. The number of ether oxygens (including phenoxy) is 2. The largest absolute Gasteiger partial charge is 0.491 e. The fourth-order valence-electron chi connectivity index (χ4n) is 2.85. The third-order valence-corrected chi connectivity index (χ3v) is 4.29. The summed E-state index contributed by atoms with van der Waals surface area (Å²) in [5.41, 5.74) is 1.34. The lowest BCUT2D eigenvalue weighted by Crippen LogP contribution is -2.40. The van der Waals surface area contributed by atoms with E-state index >= 15 is 0 Å². The lowest BCUT2D eigenvalue weighted by molar-refractivity contribution is -0.121. The van der Waals surface area contributed by atoms with Gasteiger partial charge in [-0.3, -0.25) is 9.59 Å². The molecule has 0 spiro atoms. The summed E-state index contributed by atoms with van der Waals surface area (Å²) in [4.78, 5) is 26.2. The van der Waals surface area contributed by atoms with Crippen LogP contribution in [0.1, 0.15) is 26.2 Å². The number of unbranched alkanes of at least 4 members (excludes halogenated alkanes) is 1. The van der Waals surface area contributed by atoms with Crippen molar-refractivity contribution in [2.75, 3.05) is 30.0 Å². The third kappa shape index (κ3) is 4.78. The number of para-hydroxylation sites is 4. The van der Waals surface area contributed by atoms with Crippen molar-refractivity contribution < 1.29 is 19.1 Å². The summed E-state index contributed by atoms with van der Waals surface area (Å²) in [5, 5.41) is 2.88. The Hall–Kier alpha value is -3.02. The van der Waals surface area contributed by atoms with Crippen molar-refractivity contribution in [2.45, 2.75) is 26.2 Å². The molecule has 1 N–H and O–H groups in total. The van der Waals surface area contributed by atoms with E-state index in [1.54, 1.807) is 4.90 Å². The van der Waals surface area contributed by atoms with E-state index < -0.39 is 0 Å². The molecule has 142 valence electrons. The zero-order valence-corrected chi connectivity index (χ0v) is 15.4. The number of nitrogens with one attached hydrogen (secondary N) is 1. The van der Waals surface area contributed by atoms with Gasteiger partial charge in [0.15, 0.2) is 6.61 Å². The molecular weight excluding hydrogens is 344 g/mol. The van der Waals surface area contributed by atoms with Crippen molar-refractivity contribution in [3.05, 3.63) is 48.5 Å². The molecule has 0 saturated heterocycles. The predicted molar refractivity (Wildman–Crippen MR) is 104 cm³/mol. The van der Waals surface area contributed by atoms with Crippen LogP contribution in [0.2, 0.25) is 0 Å². The molecule has 0 aromatic heterocycles. The van der Waals surface area contributed by atoms with Crippen molar-refractivity contribution in [3.63, 3.8) is 0 Å². The number of hydrogen-bond acceptors (Lipinski definition) is 4. The van der Waals surface area contributed by atoms with E-state index in [0.717, 1.165) is 12.8 Å². The number of rotatable bonds is 8. The Morgan fingerprint density at radius 1 is 1.19 bits per heavy atom. The normalized spacial score (nSPS) is 12.9. The second-order valence-corrected chi connectivity index (χ2v) is 6.30. The monoisotopic (exact) mass is 368 g/mol. The Morgan fingerprint density at radius 3 is 2.81 bits per heavy atom. The van der Waals surface area contributed by atoms with Crippen LogP contribution >= 0.6 is 0 Å². The SMILES string of the molecule is CCCCOc1ccccc1NC(=O)CCN1C(=O)COc2ccccc21. The smallest absolute Gasteiger partial charge is 0.265 e. The molecule has 2 aromatic carbocycles. The van der Waals surface area contributed by atoms with E-state index in [0.29, 0.717) is 36.0 Å². The molecule has 0 unspecified atom stereocenters. The van der Waals surface area contributed by atoms with E-state index in [-0.39, 0.29) is 24.8 Å². The summed E-state index contributed by atoms with van der Waals surface area (Å²) in [6.07, 6.45) is 2.19. The van der Waals surface area contributed by atoms with Gasteiger partial charge in [-0.25, -0.2) is 0 Å². The highest BCUT2D eigenvalue weighted by Gasteiger charge is 2.25. The number of anilines is 2. The standard InChI is InChI=1S/C21H24N2O4/c1-2-3-14-26-18-10-6-4-8-16(18)22-20(24)12-13-23-17-9-5-7-11-19(17)27-15-21(23)25/h4-11H,2-3,12-15H2,1H3,(H,22,24). The molecule has 6 heteroatoms. The summed E-state index contributed by atoms with van der Waals surface area (Å²) >= 11 is 0. The van der Waals surface area contributed by atoms with Crippen LogP contribution < -0.4 is 19.7 Å². The van der Waals surface area contributed by atoms with Crippen LogP contribution in [-0.4, -0.2) is 31.6 Å². The minimum absolute atomic E-state index is 0.00721. The van der Waals surface area contributed by atoms with Crippen LogP contribution in [0.3, 0.4) is 0 Å². The Morgan fingerprint density at radius 2 is 1.96 bits per heavy atom. The molecule has 1 aliphatic heterocycles. The second kappa shape index (κ2) is 9.07. The van der Waals surface area contributed by atoms with Gasteiger partial charge in [-0.05, 0) is 30.7 Å². The molecule has 0 atom stereocenters. The maximum atomic E-state index is 12.4. The van der Waals surface area contributed by atoms with Crippen molar-refractivity contribution in [3.8, 4) is 11.5 Å². The van der Waals surface area contributed by atoms with Gasteiger partial charge < -0.3 is 19.7 Å². The lowest BCUT2D eigenvalue weighted by atomic mass is 10.2. The fourth-order valence-corrected chi connectivity index (χ4v) is 2.85. The van der Waals surface area contributed by atoms with Crippen LogP contribution in [0.5, 0.6) is 11.5 Å². The fraction of sp³-hybridized carbons (Fsp3) is 0.333. The first-order valence-electron chi connectivity index (χ1n) is 9.23. The number of amides is 2. The molecule has 0 fully saturated rings. The van der Waals surface area contributed by atoms with E-state index in [1.165, 1.54) is 0 Å². The summed E-state index contributed by atoms with van der Waals surface area (Å²) in [6.45, 7) is 3.00. The Balaban J connectivity index is 1.60. The quantitative estimate of drug-likeness (QED) is 0.723. The summed E-state index contributed by atoms with van der Waals surface area (Å²) in [7, 11) is 0. The first kappa shape index (κ1) is 18.8. The molecular formula is C21H24N2O4. The topological polar surface area (TPSA) is 67.9 Å². The highest BCUT2D eigenvalue weighted by molar-refractivity contribution is 5.99. The maximum Gasteiger partial charge on any atom is 0.265 e. The average molecular weight is 368 g/mol. The Labute approximate surface area is 159 Å². The highest BCUT2D eigenvalue weighted by atomic mass is 16.5. The van der Waals surface area contributed by atoms with Gasteiger partial charge in [0, 0.05) is 13.0 Å². The second-order valence-electron chi connectivity index (χ2n) is 6.30. The van der Waals surface area contributed by atoms with Crippen LogP contribution in [-0.2, 0) is 9.59 Å². The molecule has 6 nitrogen and oxygen atoms in total. The number of fused-ring (bicyclic) bond motifs is 1. The molecule has 27 heavy (non-hydrogen) atoms. The highest BCUT2D eigenvalue weighted by Crippen LogP contribution is 2.31. The summed E-state index contributed by atoms with van der Waals surface area (Å²) < 4.78 is 11.2. The van der Waals surface area contributed by atoms with Crippen molar-refractivity contribution in [2.24, 2.45) is 0 Å². The number of carbonyl (C=O) groups excluding carboxylic acids is 2. The Bertz CT molecular complexity index is 806. The van der Waals surface area contributed by atoms with Crippen molar-refractivity contribution in [1.82, 2.24) is 0 Å². The molecule has 1 aliphatic rings. The third-order valence-electron chi connectivity index (χ3n) is 4.29. The zero-order chi connectivity index (χ0) is 19.1. The number of hydrogen-bond donors (Lipinski definition) is 1. The summed E-state index contributed by atoms with van der Waals surface area (Å²) in [5.74, 6) is 1.00. The first-order valence-corrected chi connectivity index (χ1v) is 9.23. The van der Waals surface area contributed by atoms with Gasteiger partial charge in [-0.1, -0.05) is 37.6 Å². The van der Waals surface area contributed by atoms with Crippen molar-refractivity contribution >= 4 is 23.2 Å². The van der Waals surface area contributed by atoms with Gasteiger partial charge in [0.05, 0.1) is 18.0 Å².